The van der Waals surface area contributed by atoms with Crippen molar-refractivity contribution in [3.63, 3.8) is 0 Å². The molecule has 3 amide bonds. The van der Waals surface area contributed by atoms with E-state index in [0.717, 1.165) is 0 Å². The third-order valence-electron chi connectivity index (χ3n) is 4.38. The number of carboxylic acids is 1. The molecule has 1 rings (SSSR count). The summed E-state index contributed by atoms with van der Waals surface area (Å²) in [4.78, 5) is 48.5. The van der Waals surface area contributed by atoms with Crippen molar-refractivity contribution in [3.05, 3.63) is 29.8 Å². The number of phenolic OH excluding ortho intramolecular Hbond substituents is 1. The predicted octanol–water partition coefficient (Wildman–Crippen LogP) is 0.643. The Morgan fingerprint density at radius 1 is 1.03 bits per heavy atom. The number of ether oxygens (including phenoxy) is 1. The molecule has 7 N–H and O–H groups in total. The minimum absolute atomic E-state index is 0.0381. The molecule has 0 radical (unpaired) electrons. The minimum Gasteiger partial charge on any atom is -0.508 e. The Labute approximate surface area is 193 Å². The SMILES string of the molecule is CC(C)(C)OC(=O)NCC(=O)N[C@@H](Cc1ccc(O)cc1)C(=O)N[C@@H](CCCCN)C(=O)O. The average molecular weight is 467 g/mol. The van der Waals surface area contributed by atoms with Crippen LogP contribution in [-0.4, -0.2) is 64.9 Å². The lowest BCUT2D eigenvalue weighted by molar-refractivity contribution is -0.142. The molecule has 0 fully saturated rings. The molecular formula is C22H34N4O7. The number of benzene rings is 1. The fraction of sp³-hybridized carbons (Fsp3) is 0.545. The number of phenols is 1. The average Bonchev–Trinajstić information content (AvgIpc) is 2.71. The molecule has 184 valence electrons. The number of hydrogen-bond acceptors (Lipinski definition) is 7. The van der Waals surface area contributed by atoms with Gasteiger partial charge in [-0.3, -0.25) is 9.59 Å². The van der Waals surface area contributed by atoms with E-state index in [1.807, 2.05) is 0 Å². The van der Waals surface area contributed by atoms with E-state index in [0.29, 0.717) is 24.9 Å². The highest BCUT2D eigenvalue weighted by Gasteiger charge is 2.27. The second-order valence-electron chi connectivity index (χ2n) is 8.53. The van der Waals surface area contributed by atoms with Crippen molar-refractivity contribution < 1.29 is 34.1 Å². The monoisotopic (exact) mass is 466 g/mol. The van der Waals surface area contributed by atoms with E-state index < -0.39 is 48.1 Å². The van der Waals surface area contributed by atoms with Gasteiger partial charge in [-0.15, -0.1) is 0 Å². The molecule has 0 aliphatic carbocycles. The molecule has 1 aromatic rings. The fourth-order valence-electron chi connectivity index (χ4n) is 2.81. The van der Waals surface area contributed by atoms with Gasteiger partial charge < -0.3 is 36.6 Å². The summed E-state index contributed by atoms with van der Waals surface area (Å²) in [6, 6.07) is 3.78. The van der Waals surface area contributed by atoms with Crippen LogP contribution in [0.1, 0.15) is 45.6 Å². The van der Waals surface area contributed by atoms with E-state index in [2.05, 4.69) is 16.0 Å². The van der Waals surface area contributed by atoms with Crippen molar-refractivity contribution in [2.45, 2.75) is 64.1 Å². The van der Waals surface area contributed by atoms with Crippen molar-refractivity contribution in [3.8, 4) is 5.75 Å². The lowest BCUT2D eigenvalue weighted by Gasteiger charge is -2.22. The van der Waals surface area contributed by atoms with Gasteiger partial charge in [0.25, 0.3) is 0 Å². The third kappa shape index (κ3) is 11.7. The lowest BCUT2D eigenvalue weighted by Crippen LogP contribution is -2.54. The van der Waals surface area contributed by atoms with Crippen LogP contribution >= 0.6 is 0 Å². The predicted molar refractivity (Wildman–Crippen MR) is 120 cm³/mol. The molecule has 0 saturated heterocycles. The number of unbranched alkanes of at least 4 members (excludes halogenated alkanes) is 1. The fourth-order valence-corrected chi connectivity index (χ4v) is 2.81. The minimum atomic E-state index is -1.19. The van der Waals surface area contributed by atoms with Gasteiger partial charge in [0.1, 0.15) is 30.0 Å². The summed E-state index contributed by atoms with van der Waals surface area (Å²) in [5.41, 5.74) is 5.33. The normalized spacial score (nSPS) is 12.8. The van der Waals surface area contributed by atoms with Gasteiger partial charge in [-0.1, -0.05) is 12.1 Å². The van der Waals surface area contributed by atoms with Gasteiger partial charge in [0.2, 0.25) is 11.8 Å². The van der Waals surface area contributed by atoms with Crippen molar-refractivity contribution >= 4 is 23.9 Å². The van der Waals surface area contributed by atoms with Crippen LogP contribution in [0, 0.1) is 0 Å². The Morgan fingerprint density at radius 3 is 2.21 bits per heavy atom. The summed E-state index contributed by atoms with van der Waals surface area (Å²) in [6.07, 6.45) is 0.576. The highest BCUT2D eigenvalue weighted by molar-refractivity contribution is 5.91. The van der Waals surface area contributed by atoms with Gasteiger partial charge in [-0.2, -0.15) is 0 Å². The van der Waals surface area contributed by atoms with Gasteiger partial charge in [0.15, 0.2) is 0 Å². The summed E-state index contributed by atoms with van der Waals surface area (Å²) in [7, 11) is 0. The first-order valence-electron chi connectivity index (χ1n) is 10.7. The van der Waals surface area contributed by atoms with Crippen molar-refractivity contribution in [2.75, 3.05) is 13.1 Å². The van der Waals surface area contributed by atoms with Crippen molar-refractivity contribution in [2.24, 2.45) is 5.73 Å². The lowest BCUT2D eigenvalue weighted by atomic mass is 10.0. The summed E-state index contributed by atoms with van der Waals surface area (Å²) in [5.74, 6) is -2.50. The molecule has 0 aliphatic rings. The highest BCUT2D eigenvalue weighted by atomic mass is 16.6. The molecule has 1 aromatic carbocycles. The summed E-state index contributed by atoms with van der Waals surface area (Å²) in [6.45, 7) is 5.00. The maximum atomic E-state index is 12.8. The first-order chi connectivity index (χ1) is 15.4. The molecule has 0 spiro atoms. The zero-order chi connectivity index (χ0) is 25.0. The van der Waals surface area contributed by atoms with Gasteiger partial charge in [-0.25, -0.2) is 9.59 Å². The maximum Gasteiger partial charge on any atom is 0.408 e. The van der Waals surface area contributed by atoms with Crippen molar-refractivity contribution in [1.29, 1.82) is 0 Å². The molecule has 0 unspecified atom stereocenters. The maximum absolute atomic E-state index is 12.8. The smallest absolute Gasteiger partial charge is 0.408 e. The molecule has 0 aromatic heterocycles. The summed E-state index contributed by atoms with van der Waals surface area (Å²) < 4.78 is 5.07. The Hall–Kier alpha value is -3.34. The largest absolute Gasteiger partial charge is 0.508 e. The van der Waals surface area contributed by atoms with Crippen LogP contribution in [0.3, 0.4) is 0 Å². The molecule has 11 heteroatoms. The van der Waals surface area contributed by atoms with Gasteiger partial charge in [0.05, 0.1) is 0 Å². The number of carboxylic acid groups (broad SMARTS) is 1. The molecule has 0 aliphatic heterocycles. The van der Waals surface area contributed by atoms with Crippen molar-refractivity contribution in [1.82, 2.24) is 16.0 Å². The van der Waals surface area contributed by atoms with Crippen LogP contribution in [0.5, 0.6) is 5.75 Å². The third-order valence-corrected chi connectivity index (χ3v) is 4.38. The topological polar surface area (TPSA) is 180 Å². The number of carbonyl (C=O) groups is 4. The Balaban J connectivity index is 2.85. The van der Waals surface area contributed by atoms with Crippen LogP contribution in [0.4, 0.5) is 4.79 Å². The number of alkyl carbamates (subject to hydrolysis) is 1. The molecule has 33 heavy (non-hydrogen) atoms. The summed E-state index contributed by atoms with van der Waals surface area (Å²) >= 11 is 0. The van der Waals surface area contributed by atoms with Crippen LogP contribution < -0.4 is 21.7 Å². The molecule has 0 saturated carbocycles. The standard InChI is InChI=1S/C22H34N4O7/c1-22(2,3)33-21(32)24-13-18(28)25-17(12-14-7-9-15(27)10-8-14)19(29)26-16(20(30)31)6-4-5-11-23/h7-10,16-17,27H,4-6,11-13,23H2,1-3H3,(H,24,32)(H,25,28)(H,26,29)(H,30,31)/t16-,17-/m0/s1. The molecule has 0 bridgehead atoms. The number of hydrogen-bond donors (Lipinski definition) is 6. The first-order valence-corrected chi connectivity index (χ1v) is 10.7. The molecular weight excluding hydrogens is 432 g/mol. The second kappa shape index (κ2) is 13.3. The van der Waals surface area contributed by atoms with Gasteiger partial charge in [0, 0.05) is 6.42 Å². The van der Waals surface area contributed by atoms with E-state index >= 15 is 0 Å². The van der Waals surface area contributed by atoms with E-state index in [1.54, 1.807) is 32.9 Å². The number of aliphatic carboxylic acids is 1. The highest BCUT2D eigenvalue weighted by Crippen LogP contribution is 2.12. The molecule has 11 nitrogen and oxygen atoms in total. The Morgan fingerprint density at radius 2 is 1.67 bits per heavy atom. The van der Waals surface area contributed by atoms with Gasteiger partial charge >= 0.3 is 12.1 Å². The summed E-state index contributed by atoms with van der Waals surface area (Å²) in [5, 5.41) is 26.1. The molecule has 2 atom stereocenters. The van der Waals surface area contributed by atoms with E-state index in [4.69, 9.17) is 10.5 Å². The number of nitrogens with one attached hydrogen (secondary N) is 3. The van der Waals surface area contributed by atoms with Gasteiger partial charge in [-0.05, 0) is 64.3 Å². The van der Waals surface area contributed by atoms with E-state index in [-0.39, 0.29) is 18.6 Å². The Kier molecular flexibility index (Phi) is 11.1. The van der Waals surface area contributed by atoms with E-state index in [1.165, 1.54) is 12.1 Å². The van der Waals surface area contributed by atoms with Crippen LogP contribution in [0.25, 0.3) is 0 Å². The zero-order valence-corrected chi connectivity index (χ0v) is 19.2. The first kappa shape index (κ1) is 27.7. The van der Waals surface area contributed by atoms with E-state index in [9.17, 15) is 29.4 Å². The zero-order valence-electron chi connectivity index (χ0n) is 19.2. The Bertz CT molecular complexity index is 806. The number of aromatic hydroxyl groups is 1. The number of rotatable bonds is 12. The van der Waals surface area contributed by atoms with Crippen LogP contribution in [-0.2, 0) is 25.5 Å². The van der Waals surface area contributed by atoms with Crippen LogP contribution in [0.15, 0.2) is 24.3 Å². The number of amides is 3. The molecule has 0 heterocycles. The number of carbonyl (C=O) groups excluding carboxylic acids is 3. The quantitative estimate of drug-likeness (QED) is 0.243. The second-order valence-corrected chi connectivity index (χ2v) is 8.53. The van der Waals surface area contributed by atoms with Crippen LogP contribution in [0.2, 0.25) is 0 Å². The number of nitrogens with two attached hydrogens (primary N) is 1.